The maximum Gasteiger partial charge on any atom is 0.0629 e. The van der Waals surface area contributed by atoms with E-state index in [0.29, 0.717) is 0 Å². The molecular weight excluding hydrogens is 260 g/mol. The topological polar surface area (TPSA) is 55.9 Å². The molecule has 114 valence electrons. The van der Waals surface area contributed by atoms with Gasteiger partial charge in [-0.2, -0.15) is 5.10 Å². The summed E-state index contributed by atoms with van der Waals surface area (Å²) < 4.78 is 1.94. The monoisotopic (exact) mass is 286 g/mol. The van der Waals surface area contributed by atoms with Gasteiger partial charge >= 0.3 is 0 Å². The second kappa shape index (κ2) is 6.00. The lowest BCUT2D eigenvalue weighted by Gasteiger charge is -2.20. The highest BCUT2D eigenvalue weighted by Gasteiger charge is 2.18. The van der Waals surface area contributed by atoms with Crippen LogP contribution in [0.25, 0.3) is 0 Å². The molecule has 0 amide bonds. The van der Waals surface area contributed by atoms with Crippen LogP contribution < -0.4 is 11.3 Å². The molecule has 1 atom stereocenters. The van der Waals surface area contributed by atoms with Crippen LogP contribution >= 0.6 is 0 Å². The van der Waals surface area contributed by atoms with E-state index >= 15 is 0 Å². The molecule has 0 aliphatic carbocycles. The molecule has 2 aromatic rings. The Labute approximate surface area is 127 Å². The van der Waals surface area contributed by atoms with Crippen LogP contribution in [-0.2, 0) is 13.5 Å². The average Bonchev–Trinajstić information content (AvgIpc) is 2.66. The second-order valence-electron chi connectivity index (χ2n) is 5.99. The van der Waals surface area contributed by atoms with Gasteiger partial charge in [0.05, 0.1) is 11.7 Å². The molecule has 0 aliphatic heterocycles. The van der Waals surface area contributed by atoms with Crippen molar-refractivity contribution in [3.05, 3.63) is 51.3 Å². The van der Waals surface area contributed by atoms with E-state index in [1.54, 1.807) is 0 Å². The van der Waals surface area contributed by atoms with E-state index in [0.717, 1.165) is 12.1 Å². The fourth-order valence-electron chi connectivity index (χ4n) is 2.93. The minimum absolute atomic E-state index is 0.103. The van der Waals surface area contributed by atoms with E-state index in [9.17, 15) is 0 Å². The van der Waals surface area contributed by atoms with Gasteiger partial charge < -0.3 is 0 Å². The fraction of sp³-hybridized carbons (Fsp3) is 0.471. The van der Waals surface area contributed by atoms with Gasteiger partial charge in [-0.3, -0.25) is 16.0 Å². The van der Waals surface area contributed by atoms with Gasteiger partial charge in [0.25, 0.3) is 0 Å². The van der Waals surface area contributed by atoms with Gasteiger partial charge in [0.15, 0.2) is 0 Å². The molecular formula is C17H26N4. The standard InChI is InChI=1S/C17H26N4/c1-10-7-12(3)15(8-11(10)2)17(19-18)9-16-13(4)20-21(6)14(16)5/h7-8,17,19H,9,18H2,1-6H3. The smallest absolute Gasteiger partial charge is 0.0629 e. The molecule has 0 aliphatic rings. The van der Waals surface area contributed by atoms with Crippen LogP contribution in [0, 0.1) is 34.6 Å². The maximum atomic E-state index is 5.84. The first-order valence-corrected chi connectivity index (χ1v) is 7.38. The Morgan fingerprint density at radius 2 is 1.71 bits per heavy atom. The Morgan fingerprint density at radius 1 is 1.10 bits per heavy atom. The number of nitrogens with one attached hydrogen (secondary N) is 1. The molecule has 0 radical (unpaired) electrons. The van der Waals surface area contributed by atoms with Gasteiger partial charge in [0, 0.05) is 12.7 Å². The average molecular weight is 286 g/mol. The maximum absolute atomic E-state index is 5.84. The van der Waals surface area contributed by atoms with Crippen LogP contribution in [0.2, 0.25) is 0 Å². The predicted octanol–water partition coefficient (Wildman–Crippen LogP) is 2.71. The van der Waals surface area contributed by atoms with Crippen LogP contribution in [0.3, 0.4) is 0 Å². The van der Waals surface area contributed by atoms with Crippen LogP contribution in [-0.4, -0.2) is 9.78 Å². The van der Waals surface area contributed by atoms with Crippen molar-refractivity contribution in [1.29, 1.82) is 0 Å². The van der Waals surface area contributed by atoms with Crippen molar-refractivity contribution in [2.45, 2.75) is 47.1 Å². The Kier molecular flexibility index (Phi) is 4.49. The molecule has 1 heterocycles. The Morgan fingerprint density at radius 3 is 2.24 bits per heavy atom. The third-order valence-electron chi connectivity index (χ3n) is 4.53. The minimum Gasteiger partial charge on any atom is -0.272 e. The second-order valence-corrected chi connectivity index (χ2v) is 5.99. The van der Waals surface area contributed by atoms with Gasteiger partial charge in [-0.1, -0.05) is 12.1 Å². The Hall–Kier alpha value is -1.65. The van der Waals surface area contributed by atoms with E-state index in [4.69, 9.17) is 5.84 Å². The molecule has 0 saturated heterocycles. The van der Waals surface area contributed by atoms with Crippen molar-refractivity contribution in [2.24, 2.45) is 12.9 Å². The highest BCUT2D eigenvalue weighted by atomic mass is 15.3. The van der Waals surface area contributed by atoms with Crippen molar-refractivity contribution in [1.82, 2.24) is 15.2 Å². The molecule has 1 aromatic heterocycles. The number of aromatic nitrogens is 2. The lowest BCUT2D eigenvalue weighted by Crippen LogP contribution is -2.30. The number of hydrogen-bond donors (Lipinski definition) is 2. The van der Waals surface area contributed by atoms with Crippen molar-refractivity contribution < 1.29 is 0 Å². The SMILES string of the molecule is Cc1cc(C)c(C(Cc2c(C)nn(C)c2C)NN)cc1C. The summed E-state index contributed by atoms with van der Waals surface area (Å²) in [6.45, 7) is 10.6. The molecule has 0 fully saturated rings. The van der Waals surface area contributed by atoms with Gasteiger partial charge in [-0.05, 0) is 68.9 Å². The quantitative estimate of drug-likeness (QED) is 0.671. The summed E-state index contributed by atoms with van der Waals surface area (Å²) in [6, 6.07) is 4.58. The van der Waals surface area contributed by atoms with Crippen LogP contribution in [0.5, 0.6) is 0 Å². The van der Waals surface area contributed by atoms with E-state index in [1.165, 1.54) is 33.5 Å². The summed E-state index contributed by atoms with van der Waals surface area (Å²) in [5.41, 5.74) is 11.7. The van der Waals surface area contributed by atoms with Crippen molar-refractivity contribution >= 4 is 0 Å². The van der Waals surface area contributed by atoms with Gasteiger partial charge in [-0.15, -0.1) is 0 Å². The molecule has 0 saturated carbocycles. The molecule has 3 N–H and O–H groups in total. The molecule has 4 nitrogen and oxygen atoms in total. The summed E-state index contributed by atoms with van der Waals surface area (Å²) in [5.74, 6) is 5.84. The first-order valence-electron chi connectivity index (χ1n) is 7.38. The number of aryl methyl sites for hydroxylation is 5. The van der Waals surface area contributed by atoms with Crippen molar-refractivity contribution in [3.8, 4) is 0 Å². The summed E-state index contributed by atoms with van der Waals surface area (Å²) >= 11 is 0. The summed E-state index contributed by atoms with van der Waals surface area (Å²) in [6.07, 6.45) is 0.853. The van der Waals surface area contributed by atoms with Crippen LogP contribution in [0.15, 0.2) is 12.1 Å². The van der Waals surface area contributed by atoms with E-state index in [2.05, 4.69) is 57.3 Å². The predicted molar refractivity (Wildman–Crippen MR) is 87.1 cm³/mol. The molecule has 0 bridgehead atoms. The highest BCUT2D eigenvalue weighted by molar-refractivity contribution is 5.39. The normalized spacial score (nSPS) is 12.7. The van der Waals surface area contributed by atoms with E-state index < -0.39 is 0 Å². The van der Waals surface area contributed by atoms with Crippen molar-refractivity contribution in [3.63, 3.8) is 0 Å². The zero-order valence-corrected chi connectivity index (χ0v) is 13.9. The first kappa shape index (κ1) is 15.7. The largest absolute Gasteiger partial charge is 0.272 e. The number of hydrazine groups is 1. The summed E-state index contributed by atoms with van der Waals surface area (Å²) in [5, 5.41) is 4.49. The zero-order valence-electron chi connectivity index (χ0n) is 13.9. The third-order valence-corrected chi connectivity index (χ3v) is 4.53. The molecule has 1 unspecified atom stereocenters. The number of nitrogens with zero attached hydrogens (tertiary/aromatic N) is 2. The highest BCUT2D eigenvalue weighted by Crippen LogP contribution is 2.26. The minimum atomic E-state index is 0.103. The fourth-order valence-corrected chi connectivity index (χ4v) is 2.93. The Bertz CT molecular complexity index is 655. The molecule has 1 aromatic carbocycles. The van der Waals surface area contributed by atoms with Crippen LogP contribution in [0.4, 0.5) is 0 Å². The van der Waals surface area contributed by atoms with E-state index in [1.807, 2.05) is 11.7 Å². The lowest BCUT2D eigenvalue weighted by atomic mass is 9.92. The summed E-state index contributed by atoms with van der Waals surface area (Å²) in [4.78, 5) is 0. The lowest BCUT2D eigenvalue weighted by molar-refractivity contribution is 0.546. The van der Waals surface area contributed by atoms with Gasteiger partial charge in [0.2, 0.25) is 0 Å². The first-order chi connectivity index (χ1) is 9.85. The third kappa shape index (κ3) is 3.01. The number of benzene rings is 1. The number of nitrogens with two attached hydrogens (primary N) is 1. The zero-order chi connectivity index (χ0) is 15.7. The van der Waals surface area contributed by atoms with Crippen LogP contribution in [0.1, 0.15) is 45.2 Å². The number of rotatable bonds is 4. The Balaban J connectivity index is 2.39. The van der Waals surface area contributed by atoms with Gasteiger partial charge in [0.1, 0.15) is 0 Å². The molecule has 21 heavy (non-hydrogen) atoms. The molecule has 2 rings (SSSR count). The summed E-state index contributed by atoms with van der Waals surface area (Å²) in [7, 11) is 1.98. The van der Waals surface area contributed by atoms with E-state index in [-0.39, 0.29) is 6.04 Å². The van der Waals surface area contributed by atoms with Crippen molar-refractivity contribution in [2.75, 3.05) is 0 Å². The van der Waals surface area contributed by atoms with Gasteiger partial charge in [-0.25, -0.2) is 0 Å². The molecule has 0 spiro atoms. The molecule has 4 heteroatoms. The number of hydrogen-bond acceptors (Lipinski definition) is 3.